The second-order valence-corrected chi connectivity index (χ2v) is 10.3. The lowest BCUT2D eigenvalue weighted by atomic mass is 10.0. The quantitative estimate of drug-likeness (QED) is 0.547. The SMILES string of the molecule is C=C1C(NCC2=CC=CCC2)=C(N(C)CC2=CNC(C)C=C2)N(C)OCN1CCC1(C)CC1. The predicted octanol–water partition coefficient (Wildman–Crippen LogP) is 4.23. The summed E-state index contributed by atoms with van der Waals surface area (Å²) in [5, 5.41) is 9.06. The summed E-state index contributed by atoms with van der Waals surface area (Å²) in [5.41, 5.74) is 5.22. The highest BCUT2D eigenvalue weighted by Crippen LogP contribution is 2.48. The average molecular weight is 452 g/mol. The largest absolute Gasteiger partial charge is 0.385 e. The molecule has 1 fully saturated rings. The first-order valence-electron chi connectivity index (χ1n) is 12.3. The molecule has 180 valence electrons. The van der Waals surface area contributed by atoms with Gasteiger partial charge in [0.05, 0.1) is 5.70 Å². The van der Waals surface area contributed by atoms with E-state index in [1.807, 2.05) is 12.1 Å². The molecule has 6 nitrogen and oxygen atoms in total. The topological polar surface area (TPSA) is 43.0 Å². The first kappa shape index (κ1) is 23.6. The minimum Gasteiger partial charge on any atom is -0.385 e. The van der Waals surface area contributed by atoms with Gasteiger partial charge in [0.1, 0.15) is 12.4 Å². The Bertz CT molecular complexity index is 892. The predicted molar refractivity (Wildman–Crippen MR) is 135 cm³/mol. The minimum atomic E-state index is 0.374. The third kappa shape index (κ3) is 6.05. The number of hydrogen-bond donors (Lipinski definition) is 2. The van der Waals surface area contributed by atoms with Gasteiger partial charge in [0.2, 0.25) is 0 Å². The van der Waals surface area contributed by atoms with E-state index < -0.39 is 0 Å². The molecule has 33 heavy (non-hydrogen) atoms. The van der Waals surface area contributed by atoms with E-state index in [1.54, 1.807) is 0 Å². The van der Waals surface area contributed by atoms with Gasteiger partial charge in [0, 0.05) is 46.0 Å². The van der Waals surface area contributed by atoms with E-state index in [0.29, 0.717) is 18.2 Å². The fourth-order valence-corrected chi connectivity index (χ4v) is 4.48. The number of hydrogen-bond acceptors (Lipinski definition) is 6. The summed E-state index contributed by atoms with van der Waals surface area (Å²) in [7, 11) is 4.13. The number of nitrogens with zero attached hydrogens (tertiary/aromatic N) is 3. The fraction of sp³-hybridized carbons (Fsp3) is 0.556. The molecule has 1 saturated carbocycles. The van der Waals surface area contributed by atoms with Crippen molar-refractivity contribution in [3.63, 3.8) is 0 Å². The molecule has 1 atom stereocenters. The number of nitrogens with one attached hydrogen (secondary N) is 2. The van der Waals surface area contributed by atoms with Crippen molar-refractivity contribution in [1.29, 1.82) is 0 Å². The van der Waals surface area contributed by atoms with Crippen LogP contribution in [0.2, 0.25) is 0 Å². The van der Waals surface area contributed by atoms with Crippen LogP contribution in [-0.4, -0.2) is 61.4 Å². The van der Waals surface area contributed by atoms with E-state index >= 15 is 0 Å². The zero-order valence-corrected chi connectivity index (χ0v) is 20.9. The van der Waals surface area contributed by atoms with Crippen molar-refractivity contribution in [2.75, 3.05) is 40.5 Å². The van der Waals surface area contributed by atoms with E-state index in [4.69, 9.17) is 4.84 Å². The maximum absolute atomic E-state index is 6.21. The normalized spacial score (nSPS) is 24.2. The van der Waals surface area contributed by atoms with Crippen LogP contribution in [-0.2, 0) is 4.84 Å². The van der Waals surface area contributed by atoms with Crippen molar-refractivity contribution in [2.45, 2.75) is 52.0 Å². The summed E-state index contributed by atoms with van der Waals surface area (Å²) in [5.74, 6) is 1.01. The van der Waals surface area contributed by atoms with E-state index in [0.717, 1.165) is 49.7 Å². The molecule has 2 N–H and O–H groups in total. The Morgan fingerprint density at radius 1 is 1.36 bits per heavy atom. The molecule has 4 rings (SSSR count). The van der Waals surface area contributed by atoms with Gasteiger partial charge in [-0.1, -0.05) is 49.5 Å². The lowest BCUT2D eigenvalue weighted by Gasteiger charge is -2.31. The highest BCUT2D eigenvalue weighted by molar-refractivity contribution is 5.34. The number of rotatable bonds is 9. The molecule has 2 aliphatic heterocycles. The van der Waals surface area contributed by atoms with E-state index in [2.05, 4.69) is 84.5 Å². The molecule has 4 aliphatic rings. The molecule has 0 amide bonds. The highest BCUT2D eigenvalue weighted by Gasteiger charge is 2.37. The summed E-state index contributed by atoms with van der Waals surface area (Å²) in [6, 6.07) is 0.374. The average Bonchev–Trinajstić information content (AvgIpc) is 3.56. The van der Waals surface area contributed by atoms with Crippen LogP contribution in [0.3, 0.4) is 0 Å². The number of likely N-dealkylation sites (N-methyl/N-ethyl adjacent to an activating group) is 1. The lowest BCUT2D eigenvalue weighted by Crippen LogP contribution is -2.36. The van der Waals surface area contributed by atoms with Crippen LogP contribution < -0.4 is 10.6 Å². The van der Waals surface area contributed by atoms with Crippen LogP contribution in [0.5, 0.6) is 0 Å². The van der Waals surface area contributed by atoms with Crippen molar-refractivity contribution in [3.05, 3.63) is 71.5 Å². The summed E-state index contributed by atoms with van der Waals surface area (Å²) in [4.78, 5) is 10.8. The number of allylic oxidation sites excluding steroid dienone is 3. The van der Waals surface area contributed by atoms with E-state index in [1.165, 1.54) is 30.4 Å². The number of dihydropyridines is 1. The molecular formula is C27H41N5O. The maximum Gasteiger partial charge on any atom is 0.154 e. The molecule has 1 unspecified atom stereocenters. The Morgan fingerprint density at radius 2 is 2.18 bits per heavy atom. The first-order chi connectivity index (χ1) is 15.8. The molecule has 0 spiro atoms. The summed E-state index contributed by atoms with van der Waals surface area (Å²) < 4.78 is 0. The molecule has 6 heteroatoms. The summed E-state index contributed by atoms with van der Waals surface area (Å²) in [6.45, 7) is 12.2. The van der Waals surface area contributed by atoms with E-state index in [9.17, 15) is 0 Å². The van der Waals surface area contributed by atoms with Gasteiger partial charge in [0.15, 0.2) is 5.82 Å². The fourth-order valence-electron chi connectivity index (χ4n) is 4.48. The molecule has 0 bridgehead atoms. The molecule has 0 aromatic rings. The second-order valence-electron chi connectivity index (χ2n) is 10.3. The Hall–Kier alpha value is -2.60. The van der Waals surface area contributed by atoms with Crippen LogP contribution >= 0.6 is 0 Å². The third-order valence-corrected chi connectivity index (χ3v) is 7.19. The van der Waals surface area contributed by atoms with Crippen molar-refractivity contribution in [3.8, 4) is 0 Å². The summed E-state index contributed by atoms with van der Waals surface area (Å²) in [6.07, 6.45) is 19.2. The van der Waals surface area contributed by atoms with Gasteiger partial charge in [-0.05, 0) is 50.0 Å². The van der Waals surface area contributed by atoms with Gasteiger partial charge in [0.25, 0.3) is 0 Å². The van der Waals surface area contributed by atoms with Crippen LogP contribution in [0.25, 0.3) is 0 Å². The Morgan fingerprint density at radius 3 is 2.85 bits per heavy atom. The van der Waals surface area contributed by atoms with E-state index in [-0.39, 0.29) is 0 Å². The first-order valence-corrected chi connectivity index (χ1v) is 12.3. The summed E-state index contributed by atoms with van der Waals surface area (Å²) >= 11 is 0. The molecule has 0 radical (unpaired) electrons. The standard InChI is InChI=1S/C27H41N5O/c1-21-11-12-24(18-28-21)19-30(4)26-25(29-17-23-9-7-6-8-10-23)22(2)32(20-33-31(26)5)16-15-27(3)13-14-27/h6-7,9,11-12,18,21,28-29H,2,8,10,13-17,19-20H2,1,3-5H3. The van der Waals surface area contributed by atoms with Gasteiger partial charge in [-0.2, -0.15) is 0 Å². The zero-order chi connectivity index (χ0) is 23.4. The van der Waals surface area contributed by atoms with Gasteiger partial charge >= 0.3 is 0 Å². The van der Waals surface area contributed by atoms with Gasteiger partial charge in [-0.25, -0.2) is 5.06 Å². The minimum absolute atomic E-state index is 0.374. The Balaban J connectivity index is 1.56. The number of hydroxylamine groups is 2. The van der Waals surface area contributed by atoms with Gasteiger partial charge < -0.3 is 20.4 Å². The molecular weight excluding hydrogens is 410 g/mol. The maximum atomic E-state index is 6.21. The van der Waals surface area contributed by atoms with Crippen LogP contribution in [0.4, 0.5) is 0 Å². The Kier molecular flexibility index (Phi) is 7.23. The van der Waals surface area contributed by atoms with Gasteiger partial charge in [-0.15, -0.1) is 0 Å². The van der Waals surface area contributed by atoms with Crippen molar-refractivity contribution in [2.24, 2.45) is 5.41 Å². The Labute approximate surface area is 200 Å². The van der Waals surface area contributed by atoms with Crippen molar-refractivity contribution in [1.82, 2.24) is 25.5 Å². The third-order valence-electron chi connectivity index (χ3n) is 7.19. The van der Waals surface area contributed by atoms with Crippen LogP contribution in [0.15, 0.2) is 71.5 Å². The van der Waals surface area contributed by atoms with Gasteiger partial charge in [-0.3, -0.25) is 4.84 Å². The monoisotopic (exact) mass is 451 g/mol. The van der Waals surface area contributed by atoms with Crippen LogP contribution in [0, 0.1) is 5.41 Å². The van der Waals surface area contributed by atoms with Crippen molar-refractivity contribution >= 4 is 0 Å². The molecule has 0 saturated heterocycles. The zero-order valence-electron chi connectivity index (χ0n) is 20.9. The molecule has 0 aromatic heterocycles. The van der Waals surface area contributed by atoms with Crippen molar-refractivity contribution < 1.29 is 4.84 Å². The van der Waals surface area contributed by atoms with Crippen LogP contribution in [0.1, 0.15) is 46.0 Å². The molecule has 2 heterocycles. The second kappa shape index (κ2) is 10.1. The lowest BCUT2D eigenvalue weighted by molar-refractivity contribution is -0.153. The highest BCUT2D eigenvalue weighted by atomic mass is 16.7. The smallest absolute Gasteiger partial charge is 0.154 e. The molecule has 2 aliphatic carbocycles. The molecule has 0 aromatic carbocycles.